The molecule has 0 aliphatic carbocycles. The van der Waals surface area contributed by atoms with Crippen molar-refractivity contribution in [1.82, 2.24) is 40.3 Å². The number of amides is 4. The molecule has 2 saturated heterocycles. The smallest absolute Gasteiger partial charge is 0.246 e. The number of aliphatic hydroxyl groups excluding tert-OH is 2. The Morgan fingerprint density at radius 2 is 1.68 bits per heavy atom. The number of hydrogen-bond donors (Lipinski definition) is 6. The van der Waals surface area contributed by atoms with Crippen molar-refractivity contribution in [2.45, 2.75) is 77.9 Å². The lowest BCUT2D eigenvalue weighted by molar-refractivity contribution is -0.144. The molecule has 3 aromatic carbocycles. The zero-order valence-corrected chi connectivity index (χ0v) is 47.4. The molecule has 80 heavy (non-hydrogen) atoms. The van der Waals surface area contributed by atoms with Crippen molar-refractivity contribution in [2.24, 2.45) is 5.41 Å². The summed E-state index contributed by atoms with van der Waals surface area (Å²) in [5.41, 5.74) is 2.98. The number of hydrogen-bond acceptors (Lipinski definition) is 17. The van der Waals surface area contributed by atoms with Crippen LogP contribution in [0.4, 0.5) is 20.5 Å². The fourth-order valence-corrected chi connectivity index (χ4v) is 10.6. The lowest BCUT2D eigenvalue weighted by atomic mass is 9.85. The number of nitrogens with one attached hydrogen (secondary N) is 3. The van der Waals surface area contributed by atoms with Gasteiger partial charge >= 0.3 is 0 Å². The van der Waals surface area contributed by atoms with Gasteiger partial charge in [-0.1, -0.05) is 69.3 Å². The molecule has 0 saturated carbocycles. The number of carbonyl (C=O) groups excluding carboxylic acids is 4. The second kappa shape index (κ2) is 27.8. The number of likely N-dealkylation sites (tertiary alicyclic amines) is 1. The minimum Gasteiger partial charge on any atom is -0.507 e. The average Bonchev–Trinajstić information content (AvgIpc) is 4.08. The van der Waals surface area contributed by atoms with Crippen molar-refractivity contribution in [1.29, 1.82) is 0 Å². The molecule has 0 bridgehead atoms. The van der Waals surface area contributed by atoms with E-state index in [1.165, 1.54) is 34.1 Å². The number of carbonyl (C=O) groups is 4. The Hall–Kier alpha value is -6.44. The van der Waals surface area contributed by atoms with Gasteiger partial charge in [0.05, 0.1) is 84.5 Å². The Morgan fingerprint density at radius 3 is 2.33 bits per heavy atom. The Kier molecular flexibility index (Phi) is 21.3. The summed E-state index contributed by atoms with van der Waals surface area (Å²) in [5, 5.41) is 41.2. The molecule has 2 aliphatic heterocycles. The normalized spacial score (nSPS) is 16.9. The van der Waals surface area contributed by atoms with Gasteiger partial charge in [0.1, 0.15) is 35.2 Å². The highest BCUT2D eigenvalue weighted by Gasteiger charge is 2.45. The Morgan fingerprint density at radius 1 is 0.988 bits per heavy atom. The van der Waals surface area contributed by atoms with Gasteiger partial charge in [-0.05, 0) is 54.7 Å². The van der Waals surface area contributed by atoms with E-state index in [1.54, 1.807) is 28.8 Å². The SMILES string of the molecule is C=CC(=O)N1CCN(c2nc(NCCC(=O)N(C)CCOCCOCCOCC(O)N[C@H](C(=O)N3C[C@H](O)C[C@H]3C(=O)N[C@@H](C)c3ccc(-c4scnc4C)cc3)C(C)(C)C)nc3c(F)c(-c4c(O)cccc4F)c(Cl)cc23)CC1. The van der Waals surface area contributed by atoms with E-state index in [1.807, 2.05) is 63.8 Å². The quantitative estimate of drug-likeness (QED) is 0.0234. The summed E-state index contributed by atoms with van der Waals surface area (Å²) >= 11 is 8.14. The molecule has 5 atom stereocenters. The summed E-state index contributed by atoms with van der Waals surface area (Å²) in [6.45, 7) is 15.4. The lowest BCUT2D eigenvalue weighted by Crippen LogP contribution is -2.59. The van der Waals surface area contributed by atoms with E-state index in [0.29, 0.717) is 32.0 Å². The number of aryl methyl sites for hydroxylation is 1. The lowest BCUT2D eigenvalue weighted by Gasteiger charge is -2.36. The first kappa shape index (κ1) is 61.2. The predicted molar refractivity (Wildman–Crippen MR) is 301 cm³/mol. The van der Waals surface area contributed by atoms with Crippen LogP contribution >= 0.6 is 22.9 Å². The number of aliphatic hydroxyl groups is 2. The first-order valence-electron chi connectivity index (χ1n) is 26.4. The van der Waals surface area contributed by atoms with E-state index in [4.69, 9.17) is 25.8 Å². The molecular formula is C56H71ClF2N10O10S. The van der Waals surface area contributed by atoms with E-state index in [-0.39, 0.29) is 123 Å². The number of aromatic hydroxyl groups is 1. The van der Waals surface area contributed by atoms with Crippen molar-refractivity contribution in [3.63, 3.8) is 0 Å². The number of rotatable bonds is 25. The van der Waals surface area contributed by atoms with E-state index >= 15 is 8.78 Å². The maximum Gasteiger partial charge on any atom is 0.246 e. The molecule has 0 spiro atoms. The highest BCUT2D eigenvalue weighted by Crippen LogP contribution is 2.43. The number of ether oxygens (including phenoxy) is 3. The van der Waals surface area contributed by atoms with E-state index in [9.17, 15) is 34.5 Å². The van der Waals surface area contributed by atoms with Gasteiger partial charge < -0.3 is 59.8 Å². The highest BCUT2D eigenvalue weighted by molar-refractivity contribution is 7.13. The van der Waals surface area contributed by atoms with Gasteiger partial charge in [0.2, 0.25) is 29.6 Å². The van der Waals surface area contributed by atoms with Crippen LogP contribution in [-0.4, -0.2) is 186 Å². The van der Waals surface area contributed by atoms with E-state index < -0.39 is 58.7 Å². The summed E-state index contributed by atoms with van der Waals surface area (Å²) < 4.78 is 48.5. The molecule has 2 fully saturated rings. The van der Waals surface area contributed by atoms with Gasteiger partial charge in [-0.2, -0.15) is 4.98 Å². The van der Waals surface area contributed by atoms with Gasteiger partial charge in [-0.15, -0.1) is 11.3 Å². The van der Waals surface area contributed by atoms with Crippen LogP contribution in [0.1, 0.15) is 57.8 Å². The van der Waals surface area contributed by atoms with Gasteiger partial charge in [0.15, 0.2) is 5.82 Å². The van der Waals surface area contributed by atoms with Crippen LogP contribution < -0.4 is 20.9 Å². The maximum atomic E-state index is 16.5. The number of β-amino-alcohol motifs (C(OH)–C–C–N with tert-alkyl or cyclic N) is 1. The number of piperazine rings is 1. The van der Waals surface area contributed by atoms with E-state index in [2.05, 4.69) is 37.5 Å². The molecule has 2 aromatic heterocycles. The van der Waals surface area contributed by atoms with Crippen LogP contribution in [0.2, 0.25) is 5.02 Å². The number of phenolic OH excluding ortho intramolecular Hbond substituents is 1. The third-order valence-electron chi connectivity index (χ3n) is 13.9. The van der Waals surface area contributed by atoms with E-state index in [0.717, 1.165) is 27.8 Å². The fraction of sp³-hybridized carbons (Fsp3) is 0.482. The van der Waals surface area contributed by atoms with Crippen molar-refractivity contribution < 1.29 is 57.5 Å². The monoisotopic (exact) mass is 1150 g/mol. The van der Waals surface area contributed by atoms with Gasteiger partial charge in [0, 0.05) is 76.7 Å². The van der Waals surface area contributed by atoms with Gasteiger partial charge in [-0.25, -0.2) is 18.7 Å². The number of halogens is 3. The molecule has 1 unspecified atom stereocenters. The first-order valence-corrected chi connectivity index (χ1v) is 27.7. The van der Waals surface area contributed by atoms with Gasteiger partial charge in [-0.3, -0.25) is 24.5 Å². The number of benzene rings is 3. The number of fused-ring (bicyclic) bond motifs is 1. The largest absolute Gasteiger partial charge is 0.507 e. The molecule has 6 N–H and O–H groups in total. The Balaban J connectivity index is 0.811. The third-order valence-corrected chi connectivity index (χ3v) is 15.2. The molecule has 0 radical (unpaired) electrons. The molecule has 20 nitrogen and oxygen atoms in total. The number of thiazole rings is 1. The molecule has 24 heteroatoms. The molecule has 4 heterocycles. The number of likely N-dealkylation sites (N-methyl/N-ethyl adjacent to an activating group) is 1. The molecule has 5 aromatic rings. The molecule has 2 aliphatic rings. The second-order valence-corrected chi connectivity index (χ2v) is 22.0. The molecule has 7 rings (SSSR count). The minimum absolute atomic E-state index is 0.00972. The highest BCUT2D eigenvalue weighted by atomic mass is 35.5. The minimum atomic E-state index is -1.24. The van der Waals surface area contributed by atoms with Crippen LogP contribution in [0.25, 0.3) is 32.5 Å². The third kappa shape index (κ3) is 15.3. The first-order chi connectivity index (χ1) is 38.2. The molecule has 4 amide bonds. The summed E-state index contributed by atoms with van der Waals surface area (Å²) in [7, 11) is 1.63. The summed E-state index contributed by atoms with van der Waals surface area (Å²) in [4.78, 5) is 74.0. The number of anilines is 2. The summed E-state index contributed by atoms with van der Waals surface area (Å²) in [6, 6.07) is 10.7. The van der Waals surface area contributed by atoms with Crippen LogP contribution in [-0.2, 0) is 33.4 Å². The maximum absolute atomic E-state index is 16.5. The Labute approximate surface area is 473 Å². The van der Waals surface area contributed by atoms with Crippen LogP contribution in [0.3, 0.4) is 0 Å². The predicted octanol–water partition coefficient (Wildman–Crippen LogP) is 5.67. The van der Waals surface area contributed by atoms with Crippen molar-refractivity contribution in [3.8, 4) is 27.3 Å². The standard InChI is InChI=1S/C56H71ClF2N10O10S/c1-8-44(73)67-18-20-68(21-19-67)52-38-29-39(57)46(47-40(58)10-9-11-42(47)71)48(59)49(38)64-55(65-52)60-17-16-45(74)66(7)22-23-77-24-25-78-26-27-79-31-43(72)63-51(56(4,5)6)54(76)69-30-37(70)28-41(69)53(75)62-33(2)35-12-14-36(15-13-35)50-34(3)61-32-80-50/h8-15,29,32-33,37,41,43,51,63,70-72H,1,16-28,30-31H2,2-7H3,(H,62,75)(H,60,64,65)/t33-,37+,41-,43?,51+/m0/s1. The average molecular weight is 1150 g/mol. The topological polar surface area (TPSA) is 244 Å². The number of nitrogens with zero attached hydrogens (tertiary/aromatic N) is 7. The molecular weight excluding hydrogens is 1080 g/mol. The Bertz CT molecular complexity index is 2960. The van der Waals surface area contributed by atoms with Crippen LogP contribution in [0.5, 0.6) is 5.75 Å². The van der Waals surface area contributed by atoms with Crippen molar-refractivity contribution in [3.05, 3.63) is 94.6 Å². The van der Waals surface area contributed by atoms with Gasteiger partial charge in [0.25, 0.3) is 0 Å². The zero-order valence-electron chi connectivity index (χ0n) is 45.8. The summed E-state index contributed by atoms with van der Waals surface area (Å²) in [6.07, 6.45) is -0.808. The van der Waals surface area contributed by atoms with Crippen LogP contribution in [0, 0.1) is 24.0 Å². The fourth-order valence-electron chi connectivity index (χ4n) is 9.49. The van der Waals surface area contributed by atoms with Crippen LogP contribution in [0.15, 0.2) is 66.7 Å². The molecule has 432 valence electrons. The van der Waals surface area contributed by atoms with Crippen molar-refractivity contribution >= 4 is 69.2 Å². The number of phenols is 1. The van der Waals surface area contributed by atoms with Crippen molar-refractivity contribution in [2.75, 3.05) is 103 Å². The zero-order chi connectivity index (χ0) is 57.8. The second-order valence-electron chi connectivity index (χ2n) is 20.8. The number of aromatic nitrogens is 3. The summed E-state index contributed by atoms with van der Waals surface area (Å²) in [5.74, 6) is -3.34.